The maximum Gasteiger partial charge on any atom is 0.0699 e. The van der Waals surface area contributed by atoms with Gasteiger partial charge in [0.25, 0.3) is 0 Å². The first-order chi connectivity index (χ1) is 31.9. The maximum absolute atomic E-state index is 5.22. The van der Waals surface area contributed by atoms with E-state index < -0.39 is 0 Å². The van der Waals surface area contributed by atoms with E-state index in [-0.39, 0.29) is 5.41 Å². The standard InChI is InChI=1S/C60H51N5/c1-60(2)47-18-6-5-17-41(47)42-31-28-38(35-48(42)60)58-43-32-29-40(65-56-26-13-9-22-52(56)63(4)53-23-10-14-27-57(53)65)37-46(43)59(49-19-15-16-34-61-49)44-33-30-39(36-45(44)58)64-54-24-11-7-20-50(54)62(3)51-21-8-12-25-55(51)64/h5-7,9-14,17-20,22-34,36-37,48H,8,15-16,21,35H2,1-4H3. The molecule has 1 atom stereocenters. The molecule has 7 aromatic carbocycles. The van der Waals surface area contributed by atoms with Crippen molar-refractivity contribution in [1.82, 2.24) is 0 Å². The Labute approximate surface area is 382 Å². The molecule has 0 bridgehead atoms. The second-order valence-electron chi connectivity index (χ2n) is 19.1. The van der Waals surface area contributed by atoms with Crippen molar-refractivity contribution in [3.05, 3.63) is 197 Å². The number of hydrogen-bond donors (Lipinski definition) is 0. The van der Waals surface area contributed by atoms with E-state index in [9.17, 15) is 0 Å². The van der Waals surface area contributed by atoms with Gasteiger partial charge in [0.1, 0.15) is 0 Å². The van der Waals surface area contributed by atoms with E-state index in [0.717, 1.165) is 43.5 Å². The molecule has 0 saturated carbocycles. The zero-order chi connectivity index (χ0) is 43.6. The third-order valence-electron chi connectivity index (χ3n) is 15.3. The number of para-hydroxylation sites is 6. The Morgan fingerprint density at radius 1 is 0.569 bits per heavy atom. The van der Waals surface area contributed by atoms with Gasteiger partial charge in [0.05, 0.1) is 45.5 Å². The summed E-state index contributed by atoms with van der Waals surface area (Å²) in [4.78, 5) is 14.9. The quantitative estimate of drug-likeness (QED) is 0.165. The summed E-state index contributed by atoms with van der Waals surface area (Å²) in [6, 6.07) is 50.1. The van der Waals surface area contributed by atoms with Gasteiger partial charge in [-0.3, -0.25) is 4.99 Å². The molecule has 13 rings (SSSR count). The molecule has 316 valence electrons. The van der Waals surface area contributed by atoms with Gasteiger partial charge in [0.15, 0.2) is 0 Å². The number of nitrogens with zero attached hydrogens (tertiary/aromatic N) is 5. The van der Waals surface area contributed by atoms with Crippen LogP contribution in [0.15, 0.2) is 180 Å². The molecule has 3 aliphatic carbocycles. The van der Waals surface area contributed by atoms with Crippen molar-refractivity contribution < 1.29 is 0 Å². The summed E-state index contributed by atoms with van der Waals surface area (Å²) in [6.07, 6.45) is 19.0. The van der Waals surface area contributed by atoms with Crippen molar-refractivity contribution in [3.8, 4) is 0 Å². The first-order valence-electron chi connectivity index (χ1n) is 23.4. The highest BCUT2D eigenvalue weighted by Gasteiger charge is 2.44. The number of hydrogen-bond acceptors (Lipinski definition) is 5. The van der Waals surface area contributed by atoms with Crippen molar-refractivity contribution in [2.45, 2.75) is 51.4 Å². The first-order valence-corrected chi connectivity index (χ1v) is 23.4. The Bertz CT molecular complexity index is 3340. The fraction of sp³-hybridized carbons (Fsp3) is 0.183. The van der Waals surface area contributed by atoms with Crippen LogP contribution in [0.5, 0.6) is 0 Å². The van der Waals surface area contributed by atoms with Gasteiger partial charge in [-0.05, 0) is 160 Å². The van der Waals surface area contributed by atoms with Crippen molar-refractivity contribution in [2.75, 3.05) is 33.7 Å². The molecule has 0 fully saturated rings. The summed E-state index contributed by atoms with van der Waals surface area (Å²) in [5.41, 5.74) is 21.4. The monoisotopic (exact) mass is 841 g/mol. The maximum atomic E-state index is 5.22. The van der Waals surface area contributed by atoms with Crippen molar-refractivity contribution in [1.29, 1.82) is 0 Å². The van der Waals surface area contributed by atoms with Gasteiger partial charge in [-0.2, -0.15) is 0 Å². The van der Waals surface area contributed by atoms with E-state index in [1.807, 2.05) is 0 Å². The predicted octanol–water partition coefficient (Wildman–Crippen LogP) is 15.7. The zero-order valence-corrected chi connectivity index (χ0v) is 37.5. The van der Waals surface area contributed by atoms with Gasteiger partial charge in [0, 0.05) is 42.9 Å². The lowest BCUT2D eigenvalue weighted by molar-refractivity contribution is 0.418. The molecule has 1 unspecified atom stereocenters. The summed E-state index contributed by atoms with van der Waals surface area (Å²) in [5, 5.41) is 4.99. The highest BCUT2D eigenvalue weighted by Crippen LogP contribution is 2.57. The molecule has 7 aromatic rings. The molecule has 3 aliphatic heterocycles. The van der Waals surface area contributed by atoms with Crippen molar-refractivity contribution in [2.24, 2.45) is 10.9 Å². The molecule has 0 N–H and O–H groups in total. The minimum absolute atomic E-state index is 0.00459. The SMILES string of the molecule is CN1C2=C(C=CCC2)N(c2ccc3c(C4=CCCC=N4)c4cc(N5c6ccccc6N(C)c6ccccc65)ccc4c(C4=CC=C5c6ccccc6C(C)(C)C5C4)c3c2)c2ccccc21. The Morgan fingerprint density at radius 3 is 1.86 bits per heavy atom. The normalized spacial score (nSPS) is 19.0. The topological polar surface area (TPSA) is 25.3 Å². The average molecular weight is 842 g/mol. The lowest BCUT2D eigenvalue weighted by atomic mass is 9.71. The predicted molar refractivity (Wildman–Crippen MR) is 276 cm³/mol. The zero-order valence-electron chi connectivity index (χ0n) is 37.5. The molecule has 0 saturated heterocycles. The summed E-state index contributed by atoms with van der Waals surface area (Å²) < 4.78 is 0. The van der Waals surface area contributed by atoms with Crippen LogP contribution >= 0.6 is 0 Å². The number of aliphatic imine (C=N–C) groups is 1. The minimum atomic E-state index is -0.00459. The highest BCUT2D eigenvalue weighted by molar-refractivity contribution is 6.18. The molecule has 5 heteroatoms. The third-order valence-corrected chi connectivity index (χ3v) is 15.3. The molecule has 6 aliphatic rings. The highest BCUT2D eigenvalue weighted by atomic mass is 15.3. The van der Waals surface area contributed by atoms with Crippen LogP contribution < -0.4 is 19.6 Å². The molecule has 65 heavy (non-hydrogen) atoms. The van der Waals surface area contributed by atoms with E-state index in [1.165, 1.54) is 106 Å². The Kier molecular flexibility index (Phi) is 8.40. The van der Waals surface area contributed by atoms with Crippen LogP contribution in [-0.2, 0) is 5.41 Å². The van der Waals surface area contributed by atoms with E-state index in [4.69, 9.17) is 4.99 Å². The van der Waals surface area contributed by atoms with E-state index in [1.54, 1.807) is 0 Å². The molecule has 3 heterocycles. The molecule has 0 aromatic heterocycles. The molecule has 0 amide bonds. The van der Waals surface area contributed by atoms with Crippen LogP contribution in [-0.4, -0.2) is 20.3 Å². The summed E-state index contributed by atoms with van der Waals surface area (Å²) in [5.74, 6) is 0.362. The number of allylic oxidation sites excluding steroid dienone is 8. The van der Waals surface area contributed by atoms with Gasteiger partial charge in [-0.25, -0.2) is 0 Å². The van der Waals surface area contributed by atoms with Crippen molar-refractivity contribution in [3.63, 3.8) is 0 Å². The van der Waals surface area contributed by atoms with Crippen LogP contribution in [0.1, 0.15) is 68.2 Å². The first kappa shape index (κ1) is 38.1. The fourth-order valence-corrected chi connectivity index (χ4v) is 12.2. The molecule has 5 nitrogen and oxygen atoms in total. The minimum Gasteiger partial charge on any atom is -0.345 e. The summed E-state index contributed by atoms with van der Waals surface area (Å²) in [7, 11) is 4.41. The van der Waals surface area contributed by atoms with Gasteiger partial charge in [0.2, 0.25) is 0 Å². The van der Waals surface area contributed by atoms with Gasteiger partial charge in [-0.15, -0.1) is 0 Å². The average Bonchev–Trinajstić information content (AvgIpc) is 3.58. The Hall–Kier alpha value is -7.37. The summed E-state index contributed by atoms with van der Waals surface area (Å²) >= 11 is 0. The van der Waals surface area contributed by atoms with E-state index in [2.05, 4.69) is 218 Å². The van der Waals surface area contributed by atoms with E-state index >= 15 is 0 Å². The molecular weight excluding hydrogens is 791 g/mol. The van der Waals surface area contributed by atoms with Crippen molar-refractivity contribution >= 4 is 90.1 Å². The van der Waals surface area contributed by atoms with Crippen LogP contribution in [0.25, 0.3) is 38.4 Å². The van der Waals surface area contributed by atoms with Gasteiger partial charge >= 0.3 is 0 Å². The lowest BCUT2D eigenvalue weighted by Gasteiger charge is -2.41. The third kappa shape index (κ3) is 5.54. The second-order valence-corrected chi connectivity index (χ2v) is 19.1. The number of anilines is 8. The Morgan fingerprint density at radius 2 is 1.17 bits per heavy atom. The smallest absolute Gasteiger partial charge is 0.0699 e. The molecule has 0 radical (unpaired) electrons. The molecule has 0 spiro atoms. The number of rotatable bonds is 4. The second kappa shape index (κ2) is 14.3. The van der Waals surface area contributed by atoms with Crippen LogP contribution in [0.2, 0.25) is 0 Å². The number of benzene rings is 7. The van der Waals surface area contributed by atoms with Crippen LogP contribution in [0.4, 0.5) is 45.5 Å². The summed E-state index contributed by atoms with van der Waals surface area (Å²) in [6.45, 7) is 4.91. The van der Waals surface area contributed by atoms with Crippen LogP contribution in [0.3, 0.4) is 0 Å². The van der Waals surface area contributed by atoms with Crippen LogP contribution in [0, 0.1) is 5.92 Å². The van der Waals surface area contributed by atoms with Gasteiger partial charge in [-0.1, -0.05) is 111 Å². The molecular formula is C60H51N5. The fourth-order valence-electron chi connectivity index (χ4n) is 12.2. The van der Waals surface area contributed by atoms with Gasteiger partial charge < -0.3 is 19.6 Å². The lowest BCUT2D eigenvalue weighted by Crippen LogP contribution is -2.32. The Balaban J connectivity index is 1.10. The largest absolute Gasteiger partial charge is 0.345 e. The van der Waals surface area contributed by atoms with E-state index in [0.29, 0.717) is 5.92 Å². The number of fused-ring (bicyclic) bond motifs is 8.